The van der Waals surface area contributed by atoms with Gasteiger partial charge in [0.1, 0.15) is 12.4 Å². The fraction of sp³-hybridized carbons (Fsp3) is 0.429. The molecule has 20 heavy (non-hydrogen) atoms. The average Bonchev–Trinajstić information content (AvgIpc) is 2.44. The lowest BCUT2D eigenvalue weighted by Crippen LogP contribution is -2.32. The summed E-state index contributed by atoms with van der Waals surface area (Å²) in [5, 5.41) is 0. The minimum Gasteiger partial charge on any atom is -0.497 e. The van der Waals surface area contributed by atoms with Gasteiger partial charge in [-0.15, -0.1) is 0 Å². The summed E-state index contributed by atoms with van der Waals surface area (Å²) < 4.78 is 10.5. The Balaban J connectivity index is 2.32. The number of ether oxygens (including phenoxy) is 2. The normalized spacial score (nSPS) is 10.1. The molecule has 0 aromatic heterocycles. The van der Waals surface area contributed by atoms with Crippen LogP contribution in [0.4, 0.5) is 0 Å². The summed E-state index contributed by atoms with van der Waals surface area (Å²) in [7, 11) is 3.32. The predicted molar refractivity (Wildman–Crippen MR) is 81.7 cm³/mol. The number of hydrogen-bond acceptors (Lipinski definition) is 4. The zero-order valence-electron chi connectivity index (χ0n) is 11.8. The summed E-state index contributed by atoms with van der Waals surface area (Å²) in [6, 6.07) is 7.54. The van der Waals surface area contributed by atoms with Crippen molar-refractivity contribution in [3.8, 4) is 5.75 Å². The van der Waals surface area contributed by atoms with Crippen LogP contribution in [0.25, 0.3) is 0 Å². The number of amides is 1. The fourth-order valence-corrected chi connectivity index (χ4v) is 1.62. The number of methoxy groups -OCH3 is 1. The van der Waals surface area contributed by atoms with Crippen LogP contribution in [0.5, 0.6) is 5.75 Å². The van der Waals surface area contributed by atoms with Crippen LogP contribution in [-0.4, -0.2) is 43.1 Å². The highest BCUT2D eigenvalue weighted by atomic mass is 32.1. The lowest BCUT2D eigenvalue weighted by molar-refractivity contribution is -0.135. The molecule has 0 fully saturated rings. The number of carbonyl (C=O) groups excluding carboxylic acids is 1. The first kappa shape index (κ1) is 16.4. The van der Waals surface area contributed by atoms with E-state index >= 15 is 0 Å². The largest absolute Gasteiger partial charge is 0.497 e. The van der Waals surface area contributed by atoms with E-state index in [2.05, 4.69) is 0 Å². The van der Waals surface area contributed by atoms with Gasteiger partial charge in [-0.05, 0) is 17.7 Å². The summed E-state index contributed by atoms with van der Waals surface area (Å²) in [6.45, 7) is 0.911. The molecule has 5 nitrogen and oxygen atoms in total. The molecule has 0 aliphatic heterocycles. The van der Waals surface area contributed by atoms with Gasteiger partial charge in [0, 0.05) is 20.0 Å². The van der Waals surface area contributed by atoms with Crippen LogP contribution in [0, 0.1) is 0 Å². The highest BCUT2D eigenvalue weighted by Crippen LogP contribution is 2.13. The Morgan fingerprint density at radius 1 is 1.45 bits per heavy atom. The number of likely N-dealkylation sites (N-methyl/N-ethyl adjacent to an activating group) is 1. The first-order valence-electron chi connectivity index (χ1n) is 6.26. The summed E-state index contributed by atoms with van der Waals surface area (Å²) >= 11 is 4.77. The van der Waals surface area contributed by atoms with Crippen molar-refractivity contribution in [2.45, 2.75) is 13.0 Å². The Morgan fingerprint density at radius 3 is 2.85 bits per heavy atom. The molecule has 0 aliphatic carbocycles. The average molecular weight is 296 g/mol. The maximum absolute atomic E-state index is 11.8. The third-order valence-corrected chi connectivity index (χ3v) is 2.95. The molecule has 0 saturated carbocycles. The first-order chi connectivity index (χ1) is 9.52. The lowest BCUT2D eigenvalue weighted by Gasteiger charge is -2.16. The van der Waals surface area contributed by atoms with Crippen molar-refractivity contribution < 1.29 is 14.3 Å². The predicted octanol–water partition coefficient (Wildman–Crippen LogP) is 1.35. The van der Waals surface area contributed by atoms with Crippen molar-refractivity contribution in [3.63, 3.8) is 0 Å². The third kappa shape index (κ3) is 5.99. The third-order valence-electron chi connectivity index (χ3n) is 2.75. The summed E-state index contributed by atoms with van der Waals surface area (Å²) in [4.78, 5) is 13.7. The van der Waals surface area contributed by atoms with Crippen LogP contribution in [0.2, 0.25) is 0 Å². The first-order valence-corrected chi connectivity index (χ1v) is 6.66. The van der Waals surface area contributed by atoms with E-state index in [9.17, 15) is 4.79 Å². The van der Waals surface area contributed by atoms with Crippen molar-refractivity contribution in [2.75, 3.05) is 27.3 Å². The van der Waals surface area contributed by atoms with Gasteiger partial charge >= 0.3 is 0 Å². The minimum atomic E-state index is -0.0934. The molecule has 0 aliphatic rings. The van der Waals surface area contributed by atoms with E-state index in [0.29, 0.717) is 24.6 Å². The Labute approximate surface area is 124 Å². The second-order valence-electron chi connectivity index (χ2n) is 4.38. The molecule has 0 bridgehead atoms. The summed E-state index contributed by atoms with van der Waals surface area (Å²) in [5.74, 6) is 0.676. The molecule has 0 heterocycles. The van der Waals surface area contributed by atoms with Gasteiger partial charge in [0.05, 0.1) is 18.7 Å². The van der Waals surface area contributed by atoms with E-state index < -0.39 is 0 Å². The minimum absolute atomic E-state index is 0.0328. The SMILES string of the molecule is COc1cccc(COCC(=O)N(C)CCC(N)=S)c1. The van der Waals surface area contributed by atoms with Gasteiger partial charge in [-0.25, -0.2) is 0 Å². The molecule has 0 saturated heterocycles. The van der Waals surface area contributed by atoms with Crippen molar-refractivity contribution >= 4 is 23.1 Å². The zero-order valence-corrected chi connectivity index (χ0v) is 12.6. The molecule has 0 spiro atoms. The standard InChI is InChI=1S/C14H20N2O3S/c1-16(7-6-13(15)20)14(17)10-19-9-11-4-3-5-12(8-11)18-2/h3-5,8H,6-7,9-10H2,1-2H3,(H2,15,20). The number of nitrogens with zero attached hydrogens (tertiary/aromatic N) is 1. The second-order valence-corrected chi connectivity index (χ2v) is 4.90. The summed E-state index contributed by atoms with van der Waals surface area (Å²) in [6.07, 6.45) is 0.521. The molecule has 6 heteroatoms. The molecular formula is C14H20N2O3S. The van der Waals surface area contributed by atoms with E-state index in [1.807, 2.05) is 24.3 Å². The Hall–Kier alpha value is -1.66. The van der Waals surface area contributed by atoms with Crippen LogP contribution in [0.3, 0.4) is 0 Å². The van der Waals surface area contributed by atoms with Gasteiger partial charge < -0.3 is 20.1 Å². The molecule has 1 amide bonds. The molecular weight excluding hydrogens is 276 g/mol. The Morgan fingerprint density at radius 2 is 2.20 bits per heavy atom. The quantitative estimate of drug-likeness (QED) is 0.734. The van der Waals surface area contributed by atoms with Crippen LogP contribution < -0.4 is 10.5 Å². The van der Waals surface area contributed by atoms with Gasteiger partial charge in [-0.1, -0.05) is 24.4 Å². The van der Waals surface area contributed by atoms with E-state index in [0.717, 1.165) is 11.3 Å². The maximum atomic E-state index is 11.8. The Bertz CT molecular complexity index is 465. The van der Waals surface area contributed by atoms with Crippen molar-refractivity contribution in [1.82, 2.24) is 4.90 Å². The van der Waals surface area contributed by atoms with Gasteiger partial charge in [-0.3, -0.25) is 4.79 Å². The number of rotatable bonds is 8. The van der Waals surface area contributed by atoms with Crippen LogP contribution in [0.1, 0.15) is 12.0 Å². The van der Waals surface area contributed by atoms with Gasteiger partial charge in [0.2, 0.25) is 5.91 Å². The maximum Gasteiger partial charge on any atom is 0.248 e. The smallest absolute Gasteiger partial charge is 0.248 e. The van der Waals surface area contributed by atoms with Gasteiger partial charge in [-0.2, -0.15) is 0 Å². The molecule has 2 N–H and O–H groups in total. The molecule has 0 radical (unpaired) electrons. The van der Waals surface area contributed by atoms with Gasteiger partial charge in [0.15, 0.2) is 0 Å². The second kappa shape index (κ2) is 8.50. The van der Waals surface area contributed by atoms with Gasteiger partial charge in [0.25, 0.3) is 0 Å². The molecule has 1 rings (SSSR count). The zero-order chi connectivity index (χ0) is 15.0. The number of nitrogens with two attached hydrogens (primary N) is 1. The lowest BCUT2D eigenvalue weighted by atomic mass is 10.2. The van der Waals surface area contributed by atoms with Crippen LogP contribution >= 0.6 is 12.2 Å². The number of hydrogen-bond donors (Lipinski definition) is 1. The van der Waals surface area contributed by atoms with Crippen LogP contribution in [0.15, 0.2) is 24.3 Å². The molecule has 0 atom stereocenters. The number of thiocarbonyl (C=S) groups is 1. The van der Waals surface area contributed by atoms with Crippen molar-refractivity contribution in [3.05, 3.63) is 29.8 Å². The topological polar surface area (TPSA) is 64.8 Å². The number of benzene rings is 1. The number of carbonyl (C=O) groups is 1. The molecule has 0 unspecified atom stereocenters. The molecule has 1 aromatic rings. The van der Waals surface area contributed by atoms with E-state index in [1.54, 1.807) is 19.1 Å². The van der Waals surface area contributed by atoms with E-state index in [-0.39, 0.29) is 12.5 Å². The van der Waals surface area contributed by atoms with Crippen molar-refractivity contribution in [2.24, 2.45) is 5.73 Å². The summed E-state index contributed by atoms with van der Waals surface area (Å²) in [5.41, 5.74) is 6.36. The highest BCUT2D eigenvalue weighted by molar-refractivity contribution is 7.80. The molecule has 1 aromatic carbocycles. The monoisotopic (exact) mass is 296 g/mol. The van der Waals surface area contributed by atoms with E-state index in [4.69, 9.17) is 27.4 Å². The fourth-order valence-electron chi connectivity index (χ4n) is 1.53. The highest BCUT2D eigenvalue weighted by Gasteiger charge is 2.09. The molecule has 110 valence electrons. The van der Waals surface area contributed by atoms with Crippen molar-refractivity contribution in [1.29, 1.82) is 0 Å². The van der Waals surface area contributed by atoms with E-state index in [1.165, 1.54) is 0 Å². The van der Waals surface area contributed by atoms with Crippen LogP contribution in [-0.2, 0) is 16.1 Å². The Kier molecular flexibility index (Phi) is 6.97.